The molecule has 0 aromatic heterocycles. The topological polar surface area (TPSA) is 72.2 Å². The second kappa shape index (κ2) is 6.65. The highest BCUT2D eigenvalue weighted by molar-refractivity contribution is 7.89. The maximum atomic E-state index is 13.3. The number of hydrogen-bond acceptors (Lipinski definition) is 3. The lowest BCUT2D eigenvalue weighted by molar-refractivity contribution is 0.508. The van der Waals surface area contributed by atoms with Crippen LogP contribution in [0.25, 0.3) is 0 Å². The number of benzene rings is 1. The van der Waals surface area contributed by atoms with E-state index in [0.29, 0.717) is 5.56 Å². The predicted molar refractivity (Wildman–Crippen MR) is 76.1 cm³/mol. The van der Waals surface area contributed by atoms with Gasteiger partial charge in [0, 0.05) is 12.6 Å². The summed E-state index contributed by atoms with van der Waals surface area (Å²) in [5, 5.41) is 0. The Morgan fingerprint density at radius 1 is 1.20 bits per heavy atom. The summed E-state index contributed by atoms with van der Waals surface area (Å²) in [7, 11) is -3.71. The fraction of sp³-hybridized carbons (Fsp3) is 0.571. The minimum Gasteiger partial charge on any atom is -0.326 e. The van der Waals surface area contributed by atoms with Crippen LogP contribution in [0.15, 0.2) is 23.1 Å². The Bertz CT molecular complexity index is 552. The zero-order valence-corrected chi connectivity index (χ0v) is 12.3. The fourth-order valence-electron chi connectivity index (χ4n) is 2.63. The van der Waals surface area contributed by atoms with Gasteiger partial charge in [0.05, 0.1) is 4.90 Å². The molecule has 112 valence electrons. The summed E-state index contributed by atoms with van der Waals surface area (Å²) in [5.74, 6) is -0.566. The molecule has 4 nitrogen and oxygen atoms in total. The van der Waals surface area contributed by atoms with E-state index in [4.69, 9.17) is 5.73 Å². The summed E-state index contributed by atoms with van der Waals surface area (Å²) < 4.78 is 40.9. The molecule has 1 fully saturated rings. The van der Waals surface area contributed by atoms with Gasteiger partial charge in [-0.25, -0.2) is 17.5 Å². The molecule has 0 heterocycles. The normalized spacial score (nSPS) is 17.9. The first kappa shape index (κ1) is 15.4. The van der Waals surface area contributed by atoms with Crippen molar-refractivity contribution in [3.8, 4) is 0 Å². The van der Waals surface area contributed by atoms with E-state index < -0.39 is 15.8 Å². The Morgan fingerprint density at radius 3 is 2.45 bits per heavy atom. The van der Waals surface area contributed by atoms with Crippen molar-refractivity contribution in [2.45, 2.75) is 56.0 Å². The highest BCUT2D eigenvalue weighted by atomic mass is 32.2. The summed E-state index contributed by atoms with van der Waals surface area (Å²) in [6, 6.07) is 3.64. The van der Waals surface area contributed by atoms with Gasteiger partial charge in [-0.3, -0.25) is 0 Å². The van der Waals surface area contributed by atoms with E-state index in [-0.39, 0.29) is 17.5 Å². The third kappa shape index (κ3) is 3.77. The van der Waals surface area contributed by atoms with Crippen LogP contribution in [0.1, 0.15) is 44.1 Å². The standard InChI is InChI=1S/C14H21FN2O2S/c15-12-8-7-11(10-16)14(9-12)20(18,19)17-13-5-3-1-2-4-6-13/h7-9,13,17H,1-6,10,16H2. The van der Waals surface area contributed by atoms with Gasteiger partial charge in [0.1, 0.15) is 5.82 Å². The number of nitrogens with one attached hydrogen (secondary N) is 1. The van der Waals surface area contributed by atoms with Gasteiger partial charge in [-0.05, 0) is 30.5 Å². The van der Waals surface area contributed by atoms with Gasteiger partial charge < -0.3 is 5.73 Å². The molecule has 0 spiro atoms. The van der Waals surface area contributed by atoms with Gasteiger partial charge in [-0.1, -0.05) is 31.7 Å². The molecule has 6 heteroatoms. The number of halogens is 1. The van der Waals surface area contributed by atoms with E-state index in [1.165, 1.54) is 12.1 Å². The maximum absolute atomic E-state index is 13.3. The number of nitrogens with two attached hydrogens (primary N) is 1. The SMILES string of the molecule is NCc1ccc(F)cc1S(=O)(=O)NC1CCCCCC1. The first-order valence-corrected chi connectivity index (χ1v) is 8.52. The van der Waals surface area contributed by atoms with Crippen molar-refractivity contribution in [2.75, 3.05) is 0 Å². The molecule has 1 aromatic rings. The van der Waals surface area contributed by atoms with Gasteiger partial charge >= 0.3 is 0 Å². The Kier molecular flexibility index (Phi) is 5.12. The molecule has 1 aliphatic carbocycles. The van der Waals surface area contributed by atoms with Crippen molar-refractivity contribution in [3.05, 3.63) is 29.6 Å². The zero-order chi connectivity index (χ0) is 14.6. The zero-order valence-electron chi connectivity index (χ0n) is 11.4. The van der Waals surface area contributed by atoms with Crippen LogP contribution in [-0.4, -0.2) is 14.5 Å². The van der Waals surface area contributed by atoms with Gasteiger partial charge in [0.15, 0.2) is 0 Å². The number of sulfonamides is 1. The molecule has 1 saturated carbocycles. The highest BCUT2D eigenvalue weighted by Gasteiger charge is 2.23. The first-order chi connectivity index (χ1) is 9.53. The van der Waals surface area contributed by atoms with Crippen LogP contribution in [-0.2, 0) is 16.6 Å². The minimum absolute atomic E-state index is 0.0377. The lowest BCUT2D eigenvalue weighted by Gasteiger charge is -2.17. The fourth-order valence-corrected chi connectivity index (χ4v) is 4.19. The second-order valence-corrected chi connectivity index (χ2v) is 6.95. The molecular weight excluding hydrogens is 279 g/mol. The van der Waals surface area contributed by atoms with E-state index in [0.717, 1.165) is 44.6 Å². The van der Waals surface area contributed by atoms with Crippen molar-refractivity contribution >= 4 is 10.0 Å². The largest absolute Gasteiger partial charge is 0.326 e. The summed E-state index contributed by atoms with van der Waals surface area (Å²) in [4.78, 5) is -0.0377. The third-order valence-electron chi connectivity index (χ3n) is 3.72. The van der Waals surface area contributed by atoms with Crippen LogP contribution in [0.3, 0.4) is 0 Å². The molecule has 0 radical (unpaired) electrons. The molecule has 2 rings (SSSR count). The van der Waals surface area contributed by atoms with Crippen molar-refractivity contribution < 1.29 is 12.8 Å². The van der Waals surface area contributed by atoms with E-state index in [1.54, 1.807) is 0 Å². The monoisotopic (exact) mass is 300 g/mol. The minimum atomic E-state index is -3.71. The van der Waals surface area contributed by atoms with Gasteiger partial charge in [-0.2, -0.15) is 0 Å². The molecular formula is C14H21FN2O2S. The van der Waals surface area contributed by atoms with Crippen LogP contribution < -0.4 is 10.5 Å². The Labute approximate surface area is 119 Å². The lowest BCUT2D eigenvalue weighted by Crippen LogP contribution is -2.35. The average Bonchev–Trinajstić information content (AvgIpc) is 2.67. The van der Waals surface area contributed by atoms with E-state index in [2.05, 4.69) is 4.72 Å². The average molecular weight is 300 g/mol. The lowest BCUT2D eigenvalue weighted by atomic mass is 10.1. The number of rotatable bonds is 4. The third-order valence-corrected chi connectivity index (χ3v) is 5.32. The van der Waals surface area contributed by atoms with Gasteiger partial charge in [0.2, 0.25) is 10.0 Å². The molecule has 0 atom stereocenters. The highest BCUT2D eigenvalue weighted by Crippen LogP contribution is 2.21. The van der Waals surface area contributed by atoms with E-state index >= 15 is 0 Å². The van der Waals surface area contributed by atoms with Crippen molar-refractivity contribution in [1.29, 1.82) is 0 Å². The van der Waals surface area contributed by atoms with Crippen LogP contribution >= 0.6 is 0 Å². The Morgan fingerprint density at radius 2 is 1.85 bits per heavy atom. The summed E-state index contributed by atoms with van der Waals surface area (Å²) in [6.45, 7) is 0.0706. The number of hydrogen-bond donors (Lipinski definition) is 2. The van der Waals surface area contributed by atoms with Crippen LogP contribution in [0.4, 0.5) is 4.39 Å². The molecule has 3 N–H and O–H groups in total. The smallest absolute Gasteiger partial charge is 0.241 e. The molecule has 0 saturated heterocycles. The van der Waals surface area contributed by atoms with Gasteiger partial charge in [-0.15, -0.1) is 0 Å². The molecule has 0 aliphatic heterocycles. The van der Waals surface area contributed by atoms with Crippen LogP contribution in [0.2, 0.25) is 0 Å². The molecule has 1 aliphatic rings. The quantitative estimate of drug-likeness (QED) is 0.838. The summed E-state index contributed by atoms with van der Waals surface area (Å²) in [6.07, 6.45) is 6.03. The van der Waals surface area contributed by atoms with Crippen molar-refractivity contribution in [1.82, 2.24) is 4.72 Å². The van der Waals surface area contributed by atoms with Gasteiger partial charge in [0.25, 0.3) is 0 Å². The van der Waals surface area contributed by atoms with Crippen molar-refractivity contribution in [2.24, 2.45) is 5.73 Å². The Balaban J connectivity index is 2.23. The first-order valence-electron chi connectivity index (χ1n) is 7.04. The second-order valence-electron chi connectivity index (χ2n) is 5.27. The molecule has 0 amide bonds. The summed E-state index contributed by atoms with van der Waals surface area (Å²) >= 11 is 0. The van der Waals surface area contributed by atoms with E-state index in [9.17, 15) is 12.8 Å². The van der Waals surface area contributed by atoms with Crippen LogP contribution in [0.5, 0.6) is 0 Å². The maximum Gasteiger partial charge on any atom is 0.241 e. The van der Waals surface area contributed by atoms with Crippen molar-refractivity contribution in [3.63, 3.8) is 0 Å². The van der Waals surface area contributed by atoms with Crippen LogP contribution in [0, 0.1) is 5.82 Å². The summed E-state index contributed by atoms with van der Waals surface area (Å²) in [5.41, 5.74) is 5.98. The predicted octanol–water partition coefficient (Wildman–Crippen LogP) is 2.29. The molecule has 20 heavy (non-hydrogen) atoms. The molecule has 0 unspecified atom stereocenters. The Hall–Kier alpha value is -0.980. The molecule has 1 aromatic carbocycles. The van der Waals surface area contributed by atoms with E-state index in [1.807, 2.05) is 0 Å². The molecule has 0 bridgehead atoms.